The molecule has 3 rings (SSSR count). The van der Waals surface area contributed by atoms with Crippen LogP contribution in [-0.4, -0.2) is 72.1 Å². The van der Waals surface area contributed by atoms with E-state index in [4.69, 9.17) is 33.0 Å². The molecule has 144 valence electrons. The summed E-state index contributed by atoms with van der Waals surface area (Å²) in [5.74, 6) is -1.59. The quantitative estimate of drug-likeness (QED) is 0.787. The molecule has 2 heterocycles. The molecule has 0 saturated carbocycles. The third-order valence-electron chi connectivity index (χ3n) is 4.16. The molecule has 10 heteroatoms. The highest BCUT2D eigenvalue weighted by Gasteiger charge is 2.27. The molecule has 0 atom stereocenters. The molecule has 2 amide bonds. The molecule has 1 aliphatic rings. The van der Waals surface area contributed by atoms with Crippen LogP contribution in [0.3, 0.4) is 0 Å². The minimum Gasteiger partial charge on any atom is -0.480 e. The number of amides is 2. The second kappa shape index (κ2) is 8.43. The lowest BCUT2D eigenvalue weighted by Crippen LogP contribution is -2.51. The summed E-state index contributed by atoms with van der Waals surface area (Å²) in [5.41, 5.74) is 0. The number of fused-ring (bicyclic) bond motifs is 1. The minimum absolute atomic E-state index is 0.174. The van der Waals surface area contributed by atoms with Gasteiger partial charge in [0.2, 0.25) is 5.91 Å². The van der Waals surface area contributed by atoms with E-state index in [1.165, 1.54) is 11.3 Å². The first-order valence-electron chi connectivity index (χ1n) is 8.11. The van der Waals surface area contributed by atoms with Gasteiger partial charge in [-0.05, 0) is 12.1 Å². The standard InChI is InChI=1S/C17H16Cl2N2O5S/c18-10-1-2-11-12(7-10)27-16(15(11)19)17(25)21-5-3-20(4-6-21)13(22)8-26-9-14(23)24/h1-2,7H,3-6,8-9H2,(H,23,24). The summed E-state index contributed by atoms with van der Waals surface area (Å²) >= 11 is 13.7. The number of carbonyl (C=O) groups excluding carboxylic acids is 2. The van der Waals surface area contributed by atoms with Crippen LogP contribution in [0.5, 0.6) is 0 Å². The highest BCUT2D eigenvalue weighted by molar-refractivity contribution is 7.21. The van der Waals surface area contributed by atoms with Gasteiger partial charge in [-0.15, -0.1) is 11.3 Å². The molecule has 0 aliphatic carbocycles. The van der Waals surface area contributed by atoms with Crippen LogP contribution in [0.2, 0.25) is 10.0 Å². The molecule has 1 aromatic carbocycles. The molecular weight excluding hydrogens is 415 g/mol. The fraction of sp³-hybridized carbons (Fsp3) is 0.353. The second-order valence-electron chi connectivity index (χ2n) is 5.95. The number of aliphatic carboxylic acids is 1. The lowest BCUT2D eigenvalue weighted by Gasteiger charge is -2.34. The number of nitrogens with zero attached hydrogens (tertiary/aromatic N) is 2. The number of benzene rings is 1. The van der Waals surface area contributed by atoms with Crippen LogP contribution in [0.15, 0.2) is 18.2 Å². The SMILES string of the molecule is O=C(O)COCC(=O)N1CCN(C(=O)c2sc3cc(Cl)ccc3c2Cl)CC1. The molecular formula is C17H16Cl2N2O5S. The minimum atomic E-state index is -1.13. The summed E-state index contributed by atoms with van der Waals surface area (Å²) in [6.07, 6.45) is 0. The Bertz CT molecular complexity index is 893. The van der Waals surface area contributed by atoms with E-state index in [1.807, 2.05) is 0 Å². The van der Waals surface area contributed by atoms with E-state index in [-0.39, 0.29) is 18.4 Å². The van der Waals surface area contributed by atoms with Gasteiger partial charge >= 0.3 is 5.97 Å². The topological polar surface area (TPSA) is 87.2 Å². The van der Waals surface area contributed by atoms with Crippen LogP contribution in [0.25, 0.3) is 10.1 Å². The molecule has 2 aromatic rings. The van der Waals surface area contributed by atoms with Gasteiger partial charge in [0, 0.05) is 41.3 Å². The molecule has 0 spiro atoms. The Morgan fingerprint density at radius 3 is 2.41 bits per heavy atom. The van der Waals surface area contributed by atoms with Crippen molar-refractivity contribution in [3.05, 3.63) is 33.1 Å². The maximum Gasteiger partial charge on any atom is 0.329 e. The summed E-state index contributed by atoms with van der Waals surface area (Å²) in [7, 11) is 0. The third kappa shape index (κ3) is 4.52. The van der Waals surface area contributed by atoms with Gasteiger partial charge in [0.25, 0.3) is 5.91 Å². The van der Waals surface area contributed by atoms with Gasteiger partial charge in [0.1, 0.15) is 18.1 Å². The predicted octanol–water partition coefficient (Wildman–Crippen LogP) is 2.59. The van der Waals surface area contributed by atoms with E-state index in [9.17, 15) is 14.4 Å². The van der Waals surface area contributed by atoms with Crippen molar-refractivity contribution in [1.82, 2.24) is 9.80 Å². The van der Waals surface area contributed by atoms with E-state index < -0.39 is 12.6 Å². The predicted molar refractivity (Wildman–Crippen MR) is 103 cm³/mol. The van der Waals surface area contributed by atoms with Crippen molar-refractivity contribution >= 4 is 62.4 Å². The molecule has 1 aromatic heterocycles. The first-order valence-corrected chi connectivity index (χ1v) is 9.68. The maximum absolute atomic E-state index is 12.8. The van der Waals surface area contributed by atoms with Gasteiger partial charge in [-0.25, -0.2) is 4.79 Å². The zero-order valence-electron chi connectivity index (χ0n) is 14.1. The Morgan fingerprint density at radius 2 is 1.74 bits per heavy atom. The van der Waals surface area contributed by atoms with E-state index >= 15 is 0 Å². The number of hydrogen-bond acceptors (Lipinski definition) is 5. The Hall–Kier alpha value is -1.87. The van der Waals surface area contributed by atoms with Gasteiger partial charge in [-0.3, -0.25) is 9.59 Å². The van der Waals surface area contributed by atoms with Gasteiger partial charge in [0.15, 0.2) is 0 Å². The molecule has 1 N–H and O–H groups in total. The third-order valence-corrected chi connectivity index (χ3v) is 6.04. The van der Waals surface area contributed by atoms with Crippen molar-refractivity contribution in [2.45, 2.75) is 0 Å². The molecule has 0 radical (unpaired) electrons. The normalized spacial score (nSPS) is 14.6. The van der Waals surface area contributed by atoms with Crippen molar-refractivity contribution in [2.75, 3.05) is 39.4 Å². The van der Waals surface area contributed by atoms with E-state index in [2.05, 4.69) is 0 Å². The molecule has 7 nitrogen and oxygen atoms in total. The molecule has 1 saturated heterocycles. The van der Waals surface area contributed by atoms with Gasteiger partial charge < -0.3 is 19.6 Å². The van der Waals surface area contributed by atoms with Crippen molar-refractivity contribution < 1.29 is 24.2 Å². The lowest BCUT2D eigenvalue weighted by molar-refractivity contribution is -0.146. The summed E-state index contributed by atoms with van der Waals surface area (Å²) in [4.78, 5) is 38.9. The maximum atomic E-state index is 12.8. The average Bonchev–Trinajstić information content (AvgIpc) is 2.96. The smallest absolute Gasteiger partial charge is 0.329 e. The number of carboxylic acid groups (broad SMARTS) is 1. The highest BCUT2D eigenvalue weighted by Crippen LogP contribution is 2.37. The number of piperazine rings is 1. The van der Waals surface area contributed by atoms with Gasteiger partial charge in [-0.1, -0.05) is 29.3 Å². The number of carboxylic acids is 1. The van der Waals surface area contributed by atoms with E-state index in [0.29, 0.717) is 41.1 Å². The lowest BCUT2D eigenvalue weighted by atomic mass is 10.2. The fourth-order valence-corrected chi connectivity index (χ4v) is 4.55. The van der Waals surface area contributed by atoms with Crippen molar-refractivity contribution in [3.8, 4) is 0 Å². The summed E-state index contributed by atoms with van der Waals surface area (Å²) < 4.78 is 5.66. The van der Waals surface area contributed by atoms with E-state index in [0.717, 1.165) is 10.1 Å². The Balaban J connectivity index is 1.61. The summed E-state index contributed by atoms with van der Waals surface area (Å²) in [6.45, 7) is 0.649. The number of carbonyl (C=O) groups is 3. The first-order chi connectivity index (χ1) is 12.9. The monoisotopic (exact) mass is 430 g/mol. The molecule has 27 heavy (non-hydrogen) atoms. The van der Waals surface area contributed by atoms with Crippen LogP contribution in [0.1, 0.15) is 9.67 Å². The highest BCUT2D eigenvalue weighted by atomic mass is 35.5. The van der Waals surface area contributed by atoms with Crippen LogP contribution in [0.4, 0.5) is 0 Å². The number of halogens is 2. The molecule has 0 bridgehead atoms. The Labute approximate surface area is 169 Å². The Kier molecular flexibility index (Phi) is 6.21. The van der Waals surface area contributed by atoms with Crippen LogP contribution < -0.4 is 0 Å². The number of rotatable bonds is 5. The number of thiophene rings is 1. The first kappa shape index (κ1) is 19.9. The number of hydrogen-bond donors (Lipinski definition) is 1. The summed E-state index contributed by atoms with van der Waals surface area (Å²) in [6, 6.07) is 5.30. The van der Waals surface area contributed by atoms with Gasteiger partial charge in [0.05, 0.1) is 5.02 Å². The van der Waals surface area contributed by atoms with E-state index in [1.54, 1.807) is 28.0 Å². The largest absolute Gasteiger partial charge is 0.480 e. The molecule has 0 unspecified atom stereocenters. The van der Waals surface area contributed by atoms with Crippen LogP contribution in [-0.2, 0) is 14.3 Å². The number of ether oxygens (including phenoxy) is 1. The van der Waals surface area contributed by atoms with Crippen LogP contribution >= 0.6 is 34.5 Å². The average molecular weight is 431 g/mol. The van der Waals surface area contributed by atoms with Gasteiger partial charge in [-0.2, -0.15) is 0 Å². The van der Waals surface area contributed by atoms with Crippen molar-refractivity contribution in [2.24, 2.45) is 0 Å². The zero-order valence-corrected chi connectivity index (χ0v) is 16.4. The fourth-order valence-electron chi connectivity index (χ4n) is 2.80. The van der Waals surface area contributed by atoms with Crippen molar-refractivity contribution in [1.29, 1.82) is 0 Å². The Morgan fingerprint density at radius 1 is 1.07 bits per heavy atom. The van der Waals surface area contributed by atoms with Crippen LogP contribution in [0, 0.1) is 0 Å². The second-order valence-corrected chi connectivity index (χ2v) is 7.81. The zero-order chi connectivity index (χ0) is 19.6. The molecule has 1 fully saturated rings. The van der Waals surface area contributed by atoms with Crippen molar-refractivity contribution in [3.63, 3.8) is 0 Å². The summed E-state index contributed by atoms with van der Waals surface area (Å²) in [5, 5.41) is 10.3. The molecule has 1 aliphatic heterocycles.